The van der Waals surface area contributed by atoms with Crippen molar-refractivity contribution < 1.29 is 17.6 Å². The highest BCUT2D eigenvalue weighted by Crippen LogP contribution is 2.18. The average molecular weight is 272 g/mol. The maximum absolute atomic E-state index is 13.6. The van der Waals surface area contributed by atoms with Crippen LogP contribution < -0.4 is 10.5 Å². The van der Waals surface area contributed by atoms with Crippen molar-refractivity contribution in [2.24, 2.45) is 5.73 Å². The summed E-state index contributed by atoms with van der Waals surface area (Å²) in [5.74, 6) is -1.39. The van der Waals surface area contributed by atoms with E-state index in [1.54, 1.807) is 0 Å². The van der Waals surface area contributed by atoms with Crippen molar-refractivity contribution in [3.05, 3.63) is 41.7 Å². The number of carbonyl (C=O) groups is 1. The van der Waals surface area contributed by atoms with Crippen LogP contribution >= 0.6 is 0 Å². The van der Waals surface area contributed by atoms with Crippen molar-refractivity contribution in [1.82, 2.24) is 0 Å². The first kappa shape index (κ1) is 14.2. The van der Waals surface area contributed by atoms with Gasteiger partial charge in [0.15, 0.2) is 0 Å². The first-order valence-corrected chi connectivity index (χ1v) is 6.82. The lowest BCUT2D eigenvalue weighted by Crippen LogP contribution is -2.15. The van der Waals surface area contributed by atoms with Gasteiger partial charge in [-0.1, -0.05) is 12.6 Å². The van der Waals surface area contributed by atoms with Gasteiger partial charge in [0.2, 0.25) is 15.9 Å². The minimum atomic E-state index is -3.53. The summed E-state index contributed by atoms with van der Waals surface area (Å²) in [6.07, 6.45) is 1.04. The van der Waals surface area contributed by atoms with Gasteiger partial charge in [0.05, 0.1) is 11.9 Å². The quantitative estimate of drug-likeness (QED) is 0.776. The first-order valence-electron chi connectivity index (χ1n) is 4.93. The molecule has 1 rings (SSSR count). The van der Waals surface area contributed by atoms with Gasteiger partial charge in [-0.3, -0.25) is 9.52 Å². The van der Waals surface area contributed by atoms with Gasteiger partial charge in [-0.25, -0.2) is 12.8 Å². The Labute approximate surface area is 105 Å². The maximum atomic E-state index is 13.6. The second-order valence-electron chi connectivity index (χ2n) is 3.83. The van der Waals surface area contributed by atoms with E-state index in [2.05, 4.69) is 6.58 Å². The van der Waals surface area contributed by atoms with Gasteiger partial charge in [0.25, 0.3) is 0 Å². The number of amides is 1. The molecule has 0 saturated carbocycles. The molecular weight excluding hydrogens is 259 g/mol. The summed E-state index contributed by atoms with van der Waals surface area (Å²) in [5, 5.41) is 0. The molecule has 1 aromatic rings. The van der Waals surface area contributed by atoms with Gasteiger partial charge in [-0.15, -0.1) is 0 Å². The summed E-state index contributed by atoms with van der Waals surface area (Å²) in [5.41, 5.74) is 5.50. The van der Waals surface area contributed by atoms with Crippen LogP contribution in [0.15, 0.2) is 30.4 Å². The third-order valence-corrected chi connectivity index (χ3v) is 2.69. The Kier molecular flexibility index (Phi) is 4.07. The monoisotopic (exact) mass is 272 g/mol. The normalized spacial score (nSPS) is 11.0. The second-order valence-corrected chi connectivity index (χ2v) is 5.58. The fourth-order valence-electron chi connectivity index (χ4n) is 1.28. The highest BCUT2D eigenvalue weighted by molar-refractivity contribution is 7.92. The summed E-state index contributed by atoms with van der Waals surface area (Å²) in [6.45, 7) is 3.45. The Bertz CT molecular complexity index is 596. The number of primary amides is 1. The number of anilines is 1. The Morgan fingerprint density at radius 3 is 2.56 bits per heavy atom. The Morgan fingerprint density at radius 2 is 2.11 bits per heavy atom. The third kappa shape index (κ3) is 4.17. The minimum absolute atomic E-state index is 0.116. The molecule has 0 aromatic heterocycles. The predicted molar refractivity (Wildman–Crippen MR) is 66.9 cm³/mol. The summed E-state index contributed by atoms with van der Waals surface area (Å²) >= 11 is 0. The molecule has 0 spiro atoms. The standard InChI is InChI=1S/C11H13FN2O3S/c1-7(11(13)15)5-8-3-4-10(9(12)6-8)14-18(2,16)17/h3-4,6,14H,1,5H2,2H3,(H2,13,15). The van der Waals surface area contributed by atoms with Crippen LogP contribution in [0.5, 0.6) is 0 Å². The summed E-state index contributed by atoms with van der Waals surface area (Å²) < 4.78 is 37.5. The van der Waals surface area contributed by atoms with Crippen molar-refractivity contribution in [1.29, 1.82) is 0 Å². The Balaban J connectivity index is 2.93. The lowest BCUT2D eigenvalue weighted by atomic mass is 10.1. The zero-order valence-corrected chi connectivity index (χ0v) is 10.6. The molecule has 0 radical (unpaired) electrons. The maximum Gasteiger partial charge on any atom is 0.244 e. The van der Waals surface area contributed by atoms with Crippen LogP contribution in [0.3, 0.4) is 0 Å². The van der Waals surface area contributed by atoms with Gasteiger partial charge >= 0.3 is 0 Å². The number of hydrogen-bond donors (Lipinski definition) is 2. The topological polar surface area (TPSA) is 89.3 Å². The van der Waals surface area contributed by atoms with Crippen molar-refractivity contribution in [3.8, 4) is 0 Å². The molecule has 1 aromatic carbocycles. The van der Waals surface area contributed by atoms with Crippen molar-refractivity contribution in [2.75, 3.05) is 11.0 Å². The second kappa shape index (κ2) is 5.18. The van der Waals surface area contributed by atoms with Crippen LogP contribution in [0.2, 0.25) is 0 Å². The van der Waals surface area contributed by atoms with Crippen LogP contribution in [-0.4, -0.2) is 20.6 Å². The van der Waals surface area contributed by atoms with E-state index in [9.17, 15) is 17.6 Å². The van der Waals surface area contributed by atoms with Gasteiger partial charge in [-0.05, 0) is 17.7 Å². The molecule has 0 aliphatic rings. The highest BCUT2D eigenvalue weighted by Gasteiger charge is 2.10. The number of carbonyl (C=O) groups excluding carboxylic acids is 1. The third-order valence-electron chi connectivity index (χ3n) is 2.09. The first-order chi connectivity index (χ1) is 8.19. The van der Waals surface area contributed by atoms with Crippen LogP contribution in [-0.2, 0) is 21.2 Å². The number of sulfonamides is 1. The zero-order chi connectivity index (χ0) is 13.9. The number of halogens is 1. The molecule has 98 valence electrons. The Hall–Kier alpha value is -1.89. The highest BCUT2D eigenvalue weighted by atomic mass is 32.2. The fraction of sp³-hybridized carbons (Fsp3) is 0.182. The van der Waals surface area contributed by atoms with Gasteiger partial charge in [0.1, 0.15) is 5.82 Å². The van der Waals surface area contributed by atoms with E-state index in [0.29, 0.717) is 5.56 Å². The molecule has 0 bridgehead atoms. The van der Waals surface area contributed by atoms with E-state index in [1.165, 1.54) is 12.1 Å². The van der Waals surface area contributed by atoms with E-state index in [-0.39, 0.29) is 17.7 Å². The number of nitrogens with one attached hydrogen (secondary N) is 1. The zero-order valence-electron chi connectivity index (χ0n) is 9.73. The van der Waals surface area contributed by atoms with Crippen LogP contribution in [0.25, 0.3) is 0 Å². The SMILES string of the molecule is C=C(Cc1ccc(NS(C)(=O)=O)c(F)c1)C(N)=O. The predicted octanol–water partition coefficient (Wildman–Crippen LogP) is 0.781. The molecule has 0 unspecified atom stereocenters. The lowest BCUT2D eigenvalue weighted by molar-refractivity contribution is -0.114. The van der Waals surface area contributed by atoms with Crippen molar-refractivity contribution >= 4 is 21.6 Å². The molecule has 0 fully saturated rings. The molecule has 7 heteroatoms. The van der Waals surface area contributed by atoms with E-state index < -0.39 is 21.7 Å². The van der Waals surface area contributed by atoms with E-state index in [1.807, 2.05) is 4.72 Å². The molecule has 3 N–H and O–H groups in total. The lowest BCUT2D eigenvalue weighted by Gasteiger charge is -2.07. The van der Waals surface area contributed by atoms with E-state index >= 15 is 0 Å². The fourth-order valence-corrected chi connectivity index (χ4v) is 1.85. The van der Waals surface area contributed by atoms with Crippen LogP contribution in [0.4, 0.5) is 10.1 Å². The summed E-state index contributed by atoms with van der Waals surface area (Å²) in [6, 6.07) is 3.90. The smallest absolute Gasteiger partial charge is 0.244 e. The molecule has 1 amide bonds. The van der Waals surface area contributed by atoms with Crippen LogP contribution in [0, 0.1) is 5.82 Å². The molecule has 0 saturated heterocycles. The van der Waals surface area contributed by atoms with Gasteiger partial charge in [0, 0.05) is 12.0 Å². The molecule has 0 aliphatic heterocycles. The Morgan fingerprint density at radius 1 is 1.50 bits per heavy atom. The molecule has 18 heavy (non-hydrogen) atoms. The van der Waals surface area contributed by atoms with Crippen molar-refractivity contribution in [3.63, 3.8) is 0 Å². The number of nitrogens with two attached hydrogens (primary N) is 1. The van der Waals surface area contributed by atoms with Gasteiger partial charge < -0.3 is 5.73 Å². The van der Waals surface area contributed by atoms with E-state index in [4.69, 9.17) is 5.73 Å². The summed E-state index contributed by atoms with van der Waals surface area (Å²) in [4.78, 5) is 10.8. The average Bonchev–Trinajstić information content (AvgIpc) is 2.20. The molecule has 0 atom stereocenters. The molecule has 0 aliphatic carbocycles. The van der Waals surface area contributed by atoms with Gasteiger partial charge in [-0.2, -0.15) is 0 Å². The van der Waals surface area contributed by atoms with E-state index in [0.717, 1.165) is 12.3 Å². The molecule has 0 heterocycles. The number of hydrogen-bond acceptors (Lipinski definition) is 3. The van der Waals surface area contributed by atoms with Crippen molar-refractivity contribution in [2.45, 2.75) is 6.42 Å². The minimum Gasteiger partial charge on any atom is -0.366 e. The number of rotatable bonds is 5. The largest absolute Gasteiger partial charge is 0.366 e. The summed E-state index contributed by atoms with van der Waals surface area (Å²) in [7, 11) is -3.53. The number of benzene rings is 1. The van der Waals surface area contributed by atoms with Crippen LogP contribution in [0.1, 0.15) is 5.56 Å². The molecular formula is C11H13FN2O3S. The molecule has 5 nitrogen and oxygen atoms in total.